The summed E-state index contributed by atoms with van der Waals surface area (Å²) in [6.07, 6.45) is 9.34. The molecule has 0 aliphatic heterocycles. The maximum absolute atomic E-state index is 15.6. The molecule has 1 fully saturated rings. The maximum Gasteiger partial charge on any atom is 0.322 e. The van der Waals surface area contributed by atoms with Gasteiger partial charge in [0, 0.05) is 37.4 Å². The number of hydrogen-bond donors (Lipinski definition) is 2. The molecule has 2 heterocycles. The van der Waals surface area contributed by atoms with Crippen LogP contribution in [0.5, 0.6) is 0 Å². The van der Waals surface area contributed by atoms with Crippen LogP contribution in [0.2, 0.25) is 0 Å². The van der Waals surface area contributed by atoms with Crippen LogP contribution in [-0.4, -0.2) is 37.9 Å². The van der Waals surface area contributed by atoms with Crippen LogP contribution in [0.1, 0.15) is 36.8 Å². The SMILES string of the molecule is Cn1cc(-c2ccc(N(C(=O)NCc3ccccc3)[C@H]3CC[C@H](Nc4ncc(C#N)cn4)CC3)c(F)c2)cn1. The minimum atomic E-state index is -0.461. The van der Waals surface area contributed by atoms with Crippen LogP contribution < -0.4 is 15.5 Å². The van der Waals surface area contributed by atoms with Gasteiger partial charge in [-0.25, -0.2) is 19.2 Å². The normalized spacial score (nSPS) is 16.7. The number of aryl methyl sites for hydroxylation is 1. The lowest BCUT2D eigenvalue weighted by Gasteiger charge is -2.37. The minimum absolute atomic E-state index is 0.112. The Hall–Kier alpha value is -4.78. The van der Waals surface area contributed by atoms with Crippen LogP contribution in [0.25, 0.3) is 11.1 Å². The highest BCUT2D eigenvalue weighted by Gasteiger charge is 2.32. The molecule has 5 rings (SSSR count). The van der Waals surface area contributed by atoms with Gasteiger partial charge in [-0.3, -0.25) is 9.58 Å². The fourth-order valence-corrected chi connectivity index (χ4v) is 4.90. The number of hydrogen-bond acceptors (Lipinski definition) is 6. The smallest absolute Gasteiger partial charge is 0.322 e. The molecule has 0 spiro atoms. The highest BCUT2D eigenvalue weighted by molar-refractivity contribution is 5.93. The summed E-state index contributed by atoms with van der Waals surface area (Å²) in [5.74, 6) is 0.00407. The van der Waals surface area contributed by atoms with Crippen molar-refractivity contribution in [2.45, 2.75) is 44.3 Å². The summed E-state index contributed by atoms with van der Waals surface area (Å²) < 4.78 is 17.3. The summed E-state index contributed by atoms with van der Waals surface area (Å²) in [4.78, 5) is 23.5. The molecule has 4 aromatic rings. The number of amides is 2. The number of nitriles is 1. The average Bonchev–Trinajstić information content (AvgIpc) is 3.41. The van der Waals surface area contributed by atoms with E-state index in [1.165, 1.54) is 18.5 Å². The van der Waals surface area contributed by atoms with E-state index in [4.69, 9.17) is 5.26 Å². The molecular formula is C29H29FN8O. The second-order valence-corrected chi connectivity index (χ2v) is 9.64. The minimum Gasteiger partial charge on any atom is -0.351 e. The number of nitrogens with zero attached hydrogens (tertiary/aromatic N) is 6. The largest absolute Gasteiger partial charge is 0.351 e. The van der Waals surface area contributed by atoms with E-state index >= 15 is 4.39 Å². The van der Waals surface area contributed by atoms with Gasteiger partial charge < -0.3 is 10.6 Å². The van der Waals surface area contributed by atoms with Crippen LogP contribution in [0.15, 0.2) is 73.3 Å². The maximum atomic E-state index is 15.6. The molecule has 0 saturated heterocycles. The number of rotatable bonds is 7. The molecule has 0 radical (unpaired) electrons. The van der Waals surface area contributed by atoms with Gasteiger partial charge in [0.15, 0.2) is 0 Å². The van der Waals surface area contributed by atoms with Crippen LogP contribution >= 0.6 is 0 Å². The van der Waals surface area contributed by atoms with E-state index in [1.54, 1.807) is 21.8 Å². The molecule has 2 amide bonds. The zero-order valence-corrected chi connectivity index (χ0v) is 21.6. The predicted octanol–water partition coefficient (Wildman–Crippen LogP) is 5.03. The van der Waals surface area contributed by atoms with E-state index in [0.29, 0.717) is 36.5 Å². The summed E-state index contributed by atoms with van der Waals surface area (Å²) in [5, 5.41) is 19.4. The summed E-state index contributed by atoms with van der Waals surface area (Å²) in [5.41, 5.74) is 3.12. The molecule has 1 aliphatic carbocycles. The monoisotopic (exact) mass is 524 g/mol. The number of halogens is 1. The molecule has 2 aromatic carbocycles. The molecule has 1 aliphatic rings. The summed E-state index contributed by atoms with van der Waals surface area (Å²) in [6, 6.07) is 16.2. The molecule has 2 N–H and O–H groups in total. The number of urea groups is 1. The number of nitrogens with one attached hydrogen (secondary N) is 2. The lowest BCUT2D eigenvalue weighted by molar-refractivity contribution is 0.240. The Kier molecular flexibility index (Phi) is 7.78. The Bertz CT molecular complexity index is 1460. The van der Waals surface area contributed by atoms with Gasteiger partial charge in [-0.15, -0.1) is 0 Å². The fourth-order valence-electron chi connectivity index (χ4n) is 4.90. The van der Waals surface area contributed by atoms with Crippen LogP contribution in [-0.2, 0) is 13.6 Å². The van der Waals surface area contributed by atoms with Crippen molar-refractivity contribution in [1.29, 1.82) is 5.26 Å². The van der Waals surface area contributed by atoms with Gasteiger partial charge in [0.25, 0.3) is 0 Å². The van der Waals surface area contributed by atoms with Gasteiger partial charge in [-0.05, 0) is 48.9 Å². The van der Waals surface area contributed by atoms with Crippen molar-refractivity contribution in [3.05, 3.63) is 90.3 Å². The van der Waals surface area contributed by atoms with Crippen molar-refractivity contribution >= 4 is 17.7 Å². The summed E-state index contributed by atoms with van der Waals surface area (Å²) in [6.45, 7) is 0.346. The number of carbonyl (C=O) groups excluding carboxylic acids is 1. The fraction of sp³-hybridized carbons (Fsp3) is 0.276. The number of anilines is 2. The van der Waals surface area contributed by atoms with Gasteiger partial charge in [-0.1, -0.05) is 36.4 Å². The quantitative estimate of drug-likeness (QED) is 0.351. The van der Waals surface area contributed by atoms with Crippen molar-refractivity contribution in [1.82, 2.24) is 25.1 Å². The van der Waals surface area contributed by atoms with Crippen LogP contribution in [0.4, 0.5) is 20.8 Å². The predicted molar refractivity (Wildman–Crippen MR) is 146 cm³/mol. The third kappa shape index (κ3) is 6.21. The van der Waals surface area contributed by atoms with E-state index < -0.39 is 5.82 Å². The van der Waals surface area contributed by atoms with Gasteiger partial charge in [-0.2, -0.15) is 10.4 Å². The zero-order chi connectivity index (χ0) is 27.2. The summed E-state index contributed by atoms with van der Waals surface area (Å²) in [7, 11) is 1.81. The molecule has 10 heteroatoms. The Morgan fingerprint density at radius 1 is 1.08 bits per heavy atom. The summed E-state index contributed by atoms with van der Waals surface area (Å²) >= 11 is 0. The van der Waals surface area contributed by atoms with Crippen molar-refractivity contribution in [3.63, 3.8) is 0 Å². The van der Waals surface area contributed by atoms with Gasteiger partial charge in [0.1, 0.15) is 11.9 Å². The van der Waals surface area contributed by atoms with Crippen LogP contribution in [0.3, 0.4) is 0 Å². The average molecular weight is 525 g/mol. The third-order valence-electron chi connectivity index (χ3n) is 6.93. The molecule has 0 bridgehead atoms. The first kappa shape index (κ1) is 25.9. The van der Waals surface area contributed by atoms with Crippen molar-refractivity contribution < 1.29 is 9.18 Å². The molecule has 2 aromatic heterocycles. The topological polar surface area (TPSA) is 112 Å². The van der Waals surface area contributed by atoms with E-state index in [0.717, 1.165) is 24.0 Å². The molecule has 0 unspecified atom stereocenters. The highest BCUT2D eigenvalue weighted by atomic mass is 19.1. The van der Waals surface area contributed by atoms with Gasteiger partial charge >= 0.3 is 6.03 Å². The van der Waals surface area contributed by atoms with E-state index in [2.05, 4.69) is 25.7 Å². The van der Waals surface area contributed by atoms with E-state index in [-0.39, 0.29) is 23.8 Å². The van der Waals surface area contributed by atoms with Crippen molar-refractivity contribution in [3.8, 4) is 17.2 Å². The van der Waals surface area contributed by atoms with Crippen molar-refractivity contribution in [2.24, 2.45) is 7.05 Å². The Labute approximate surface area is 226 Å². The van der Waals surface area contributed by atoms with E-state index in [9.17, 15) is 4.79 Å². The molecule has 1 saturated carbocycles. The van der Waals surface area contributed by atoms with Gasteiger partial charge in [0.05, 0.1) is 29.8 Å². The van der Waals surface area contributed by atoms with E-state index in [1.807, 2.05) is 55.7 Å². The van der Waals surface area contributed by atoms with Gasteiger partial charge in [0.2, 0.25) is 5.95 Å². The third-order valence-corrected chi connectivity index (χ3v) is 6.93. The second kappa shape index (κ2) is 11.7. The standard InChI is InChI=1S/C29H29FN8O/c1-37-19-23(18-35-37)22-7-12-27(26(30)13-22)38(29(39)34-15-20-5-3-2-4-6-20)25-10-8-24(9-11-25)36-28-32-16-21(14-31)17-33-28/h2-7,12-13,16-19,24-25H,8-11,15H2,1H3,(H,34,39)(H,32,33,36)/t24-,25-. The highest BCUT2D eigenvalue weighted by Crippen LogP contribution is 2.32. The zero-order valence-electron chi connectivity index (χ0n) is 21.6. The molecule has 198 valence electrons. The molecule has 0 atom stereocenters. The molecular weight excluding hydrogens is 495 g/mol. The molecule has 9 nitrogen and oxygen atoms in total. The van der Waals surface area contributed by atoms with Crippen molar-refractivity contribution in [2.75, 3.05) is 10.2 Å². The lowest BCUT2D eigenvalue weighted by atomic mass is 9.90. The Morgan fingerprint density at radius 2 is 1.82 bits per heavy atom. The Morgan fingerprint density at radius 3 is 2.46 bits per heavy atom. The molecule has 39 heavy (non-hydrogen) atoms. The second-order valence-electron chi connectivity index (χ2n) is 9.64. The number of benzene rings is 2. The first-order chi connectivity index (χ1) is 19.0. The Balaban J connectivity index is 1.33. The number of aromatic nitrogens is 4. The number of carbonyl (C=O) groups is 1. The first-order valence-electron chi connectivity index (χ1n) is 12.9. The lowest BCUT2D eigenvalue weighted by Crippen LogP contribution is -2.49. The van der Waals surface area contributed by atoms with Crippen LogP contribution in [0, 0.1) is 17.1 Å². The first-order valence-corrected chi connectivity index (χ1v) is 12.9.